The summed E-state index contributed by atoms with van der Waals surface area (Å²) in [5.41, 5.74) is 4.63. The Morgan fingerprint density at radius 1 is 0.971 bits per heavy atom. The molecule has 35 heavy (non-hydrogen) atoms. The van der Waals surface area contributed by atoms with Gasteiger partial charge in [0.25, 0.3) is 0 Å². The first-order valence-corrected chi connectivity index (χ1v) is 12.5. The molecule has 0 aromatic heterocycles. The molecule has 0 saturated heterocycles. The van der Waals surface area contributed by atoms with Crippen LogP contribution < -0.4 is 10.6 Å². The highest BCUT2D eigenvalue weighted by molar-refractivity contribution is 5.82. The van der Waals surface area contributed by atoms with E-state index in [0.29, 0.717) is 12.8 Å². The van der Waals surface area contributed by atoms with Gasteiger partial charge < -0.3 is 20.5 Å². The Hall–Kier alpha value is -3.35. The minimum atomic E-state index is -0.944. The molecule has 2 amide bonds. The zero-order valence-corrected chi connectivity index (χ0v) is 20.3. The molecule has 3 atom stereocenters. The van der Waals surface area contributed by atoms with E-state index in [-0.39, 0.29) is 36.8 Å². The van der Waals surface area contributed by atoms with Gasteiger partial charge in [0.1, 0.15) is 6.61 Å². The van der Waals surface area contributed by atoms with Gasteiger partial charge in [-0.2, -0.15) is 0 Å². The van der Waals surface area contributed by atoms with E-state index >= 15 is 0 Å². The van der Waals surface area contributed by atoms with E-state index in [4.69, 9.17) is 4.74 Å². The third-order valence-corrected chi connectivity index (χ3v) is 7.28. The first-order valence-electron chi connectivity index (χ1n) is 12.5. The smallest absolute Gasteiger partial charge is 0.407 e. The lowest BCUT2D eigenvalue weighted by atomic mass is 9.83. The third kappa shape index (κ3) is 5.66. The monoisotopic (exact) mass is 478 g/mol. The summed E-state index contributed by atoms with van der Waals surface area (Å²) in [6, 6.07) is 15.6. The Bertz CT molecular complexity index is 1040. The van der Waals surface area contributed by atoms with Crippen molar-refractivity contribution >= 4 is 18.0 Å². The number of alkyl carbamates (subject to hydrolysis) is 1. The summed E-state index contributed by atoms with van der Waals surface area (Å²) in [6.07, 6.45) is 2.50. The van der Waals surface area contributed by atoms with Gasteiger partial charge in [-0.15, -0.1) is 0 Å². The van der Waals surface area contributed by atoms with Crippen molar-refractivity contribution in [3.8, 4) is 11.1 Å². The molecule has 2 aromatic carbocycles. The molecular weight excluding hydrogens is 444 g/mol. The van der Waals surface area contributed by atoms with Crippen LogP contribution in [0.15, 0.2) is 48.5 Å². The number of hydrogen-bond donors (Lipinski definition) is 3. The number of ether oxygens (including phenoxy) is 1. The van der Waals surface area contributed by atoms with Crippen LogP contribution in [0.2, 0.25) is 0 Å². The number of aliphatic carboxylic acids is 1. The second kappa shape index (κ2) is 10.9. The molecule has 0 heterocycles. The normalized spacial score (nSPS) is 20.0. The third-order valence-electron chi connectivity index (χ3n) is 7.28. The Labute approximate surface area is 206 Å². The van der Waals surface area contributed by atoms with Crippen molar-refractivity contribution in [2.24, 2.45) is 11.8 Å². The molecule has 1 fully saturated rings. The minimum Gasteiger partial charge on any atom is -0.481 e. The van der Waals surface area contributed by atoms with Gasteiger partial charge in [-0.05, 0) is 41.0 Å². The summed E-state index contributed by atoms with van der Waals surface area (Å²) in [4.78, 5) is 37.0. The number of hydrogen-bond acceptors (Lipinski definition) is 4. The maximum atomic E-state index is 13.0. The highest BCUT2D eigenvalue weighted by Crippen LogP contribution is 2.44. The average Bonchev–Trinajstić information content (AvgIpc) is 3.16. The van der Waals surface area contributed by atoms with Gasteiger partial charge >= 0.3 is 12.1 Å². The fourth-order valence-corrected chi connectivity index (χ4v) is 5.34. The molecule has 0 unspecified atom stereocenters. The van der Waals surface area contributed by atoms with Crippen LogP contribution in [0, 0.1) is 11.8 Å². The van der Waals surface area contributed by atoms with Crippen molar-refractivity contribution < 1.29 is 24.2 Å². The topological polar surface area (TPSA) is 105 Å². The highest BCUT2D eigenvalue weighted by atomic mass is 16.5. The van der Waals surface area contributed by atoms with Gasteiger partial charge in [0.05, 0.1) is 12.3 Å². The van der Waals surface area contributed by atoms with Gasteiger partial charge in [0.2, 0.25) is 5.91 Å². The molecule has 1 saturated carbocycles. The van der Waals surface area contributed by atoms with Gasteiger partial charge in [-0.3, -0.25) is 9.59 Å². The molecule has 4 rings (SSSR count). The van der Waals surface area contributed by atoms with E-state index in [2.05, 4.69) is 34.9 Å². The lowest BCUT2D eigenvalue weighted by molar-refractivity contribution is -0.138. The molecule has 0 aliphatic heterocycles. The molecule has 0 radical (unpaired) electrons. The van der Waals surface area contributed by atoms with Crippen LogP contribution in [-0.2, 0) is 14.3 Å². The van der Waals surface area contributed by atoms with Crippen molar-refractivity contribution in [3.63, 3.8) is 0 Å². The summed E-state index contributed by atoms with van der Waals surface area (Å²) in [6.45, 7) is 4.00. The van der Waals surface area contributed by atoms with E-state index < -0.39 is 24.0 Å². The second-order valence-corrected chi connectivity index (χ2v) is 9.92. The van der Waals surface area contributed by atoms with E-state index in [9.17, 15) is 19.5 Å². The molecule has 2 aromatic rings. The predicted molar refractivity (Wildman–Crippen MR) is 133 cm³/mol. The summed E-state index contributed by atoms with van der Waals surface area (Å²) in [5.74, 6) is -1.58. The average molecular weight is 479 g/mol. The van der Waals surface area contributed by atoms with Gasteiger partial charge in [0.15, 0.2) is 0 Å². The minimum absolute atomic E-state index is 0.00724. The molecule has 2 aliphatic carbocycles. The van der Waals surface area contributed by atoms with Crippen molar-refractivity contribution in [1.29, 1.82) is 0 Å². The number of carboxylic acid groups (broad SMARTS) is 1. The molecule has 0 bridgehead atoms. The number of carbonyl (C=O) groups excluding carboxylic acids is 2. The van der Waals surface area contributed by atoms with Gasteiger partial charge in [0, 0.05) is 18.0 Å². The largest absolute Gasteiger partial charge is 0.481 e. The predicted octanol–water partition coefficient (Wildman–Crippen LogP) is 4.70. The Kier molecular flexibility index (Phi) is 7.73. The molecular formula is C28H34N2O5. The van der Waals surface area contributed by atoms with E-state index in [0.717, 1.165) is 24.0 Å². The quantitative estimate of drug-likeness (QED) is 0.510. The number of amides is 2. The summed E-state index contributed by atoms with van der Waals surface area (Å²) in [5, 5.41) is 15.0. The number of carboxylic acids is 1. The number of rotatable bonds is 8. The Balaban J connectivity index is 1.38. The van der Waals surface area contributed by atoms with Gasteiger partial charge in [-0.1, -0.05) is 75.2 Å². The summed E-state index contributed by atoms with van der Waals surface area (Å²) < 4.78 is 5.68. The van der Waals surface area contributed by atoms with Crippen LogP contribution in [0.1, 0.15) is 63.0 Å². The van der Waals surface area contributed by atoms with Crippen molar-refractivity contribution in [2.45, 2.75) is 64.0 Å². The standard InChI is InChI=1S/C28H34N2O5/c1-17(2)25(15-26(31)32)29-27(33)22-13-7-8-14-24(22)30-28(34)35-16-23-20-11-5-3-9-18(20)19-10-4-6-12-21(19)23/h3-6,9-12,17,22-25H,7-8,13-16H2,1-2H3,(H,29,33)(H,30,34)(H,31,32)/t22-,24+,25+/m0/s1. The SMILES string of the molecule is CC(C)[C@@H](CC(=O)O)NC(=O)[C@H]1CCCC[C@H]1NC(=O)OCC1c2ccccc2-c2ccccc21. The molecule has 0 spiro atoms. The molecule has 7 heteroatoms. The summed E-state index contributed by atoms with van der Waals surface area (Å²) in [7, 11) is 0. The van der Waals surface area contributed by atoms with Crippen molar-refractivity contribution in [1.82, 2.24) is 10.6 Å². The van der Waals surface area contributed by atoms with Crippen molar-refractivity contribution in [2.75, 3.05) is 6.61 Å². The number of carbonyl (C=O) groups is 3. The summed E-state index contributed by atoms with van der Waals surface area (Å²) >= 11 is 0. The van der Waals surface area contributed by atoms with Crippen LogP contribution in [0.25, 0.3) is 11.1 Å². The molecule has 3 N–H and O–H groups in total. The maximum Gasteiger partial charge on any atom is 0.407 e. The van der Waals surface area contributed by atoms with E-state index in [1.807, 2.05) is 38.1 Å². The van der Waals surface area contributed by atoms with Crippen LogP contribution >= 0.6 is 0 Å². The number of benzene rings is 2. The molecule has 2 aliphatic rings. The molecule has 186 valence electrons. The zero-order chi connectivity index (χ0) is 24.9. The number of nitrogens with one attached hydrogen (secondary N) is 2. The van der Waals surface area contributed by atoms with Crippen LogP contribution in [0.4, 0.5) is 4.79 Å². The van der Waals surface area contributed by atoms with Crippen LogP contribution in [0.3, 0.4) is 0 Å². The van der Waals surface area contributed by atoms with Crippen LogP contribution in [-0.4, -0.2) is 41.8 Å². The highest BCUT2D eigenvalue weighted by Gasteiger charge is 2.35. The first kappa shape index (κ1) is 24.8. The van der Waals surface area contributed by atoms with Gasteiger partial charge in [-0.25, -0.2) is 4.79 Å². The first-order chi connectivity index (χ1) is 16.8. The number of fused-ring (bicyclic) bond motifs is 3. The Morgan fingerprint density at radius 2 is 1.57 bits per heavy atom. The van der Waals surface area contributed by atoms with E-state index in [1.165, 1.54) is 11.1 Å². The Morgan fingerprint density at radius 3 is 2.17 bits per heavy atom. The van der Waals surface area contributed by atoms with Crippen molar-refractivity contribution in [3.05, 3.63) is 59.7 Å². The lowest BCUT2D eigenvalue weighted by Crippen LogP contribution is -2.51. The zero-order valence-electron chi connectivity index (χ0n) is 20.3. The maximum absolute atomic E-state index is 13.0. The fourth-order valence-electron chi connectivity index (χ4n) is 5.34. The fraction of sp³-hybridized carbons (Fsp3) is 0.464. The van der Waals surface area contributed by atoms with E-state index in [1.54, 1.807) is 0 Å². The lowest BCUT2D eigenvalue weighted by Gasteiger charge is -2.33. The second-order valence-electron chi connectivity index (χ2n) is 9.92. The van der Waals surface area contributed by atoms with Crippen LogP contribution in [0.5, 0.6) is 0 Å². The molecule has 7 nitrogen and oxygen atoms in total.